The van der Waals surface area contributed by atoms with Crippen LogP contribution in [0.25, 0.3) is 0 Å². The first-order valence-corrected chi connectivity index (χ1v) is 7.62. The van der Waals surface area contributed by atoms with Gasteiger partial charge in [-0.25, -0.2) is 4.98 Å². The Labute approximate surface area is 124 Å². The molecular formula is C15H21N3OS. The van der Waals surface area contributed by atoms with Gasteiger partial charge in [0.25, 0.3) is 0 Å². The van der Waals surface area contributed by atoms with Crippen molar-refractivity contribution in [1.82, 2.24) is 4.98 Å². The Kier molecular flexibility index (Phi) is 4.84. The summed E-state index contributed by atoms with van der Waals surface area (Å²) in [5, 5.41) is 4.49. The van der Waals surface area contributed by atoms with Crippen molar-refractivity contribution in [3.63, 3.8) is 0 Å². The molecule has 0 aliphatic rings. The van der Waals surface area contributed by atoms with E-state index < -0.39 is 0 Å². The van der Waals surface area contributed by atoms with Gasteiger partial charge in [0.15, 0.2) is 0 Å². The van der Waals surface area contributed by atoms with Crippen LogP contribution in [0, 0.1) is 6.92 Å². The SMILES string of the molecule is CCCOc1cc(N)cc(NC(C)c2ncc(C)s2)c1. The molecule has 1 unspecified atom stereocenters. The average molecular weight is 291 g/mol. The van der Waals surface area contributed by atoms with Gasteiger partial charge >= 0.3 is 0 Å². The van der Waals surface area contributed by atoms with E-state index in [1.165, 1.54) is 4.88 Å². The summed E-state index contributed by atoms with van der Waals surface area (Å²) in [4.78, 5) is 5.62. The van der Waals surface area contributed by atoms with E-state index in [0.717, 1.165) is 22.9 Å². The van der Waals surface area contributed by atoms with Crippen molar-refractivity contribution >= 4 is 22.7 Å². The normalized spacial score (nSPS) is 12.2. The second-order valence-electron chi connectivity index (χ2n) is 4.81. The highest BCUT2D eigenvalue weighted by Gasteiger charge is 2.10. The molecule has 0 spiro atoms. The zero-order valence-electron chi connectivity index (χ0n) is 12.1. The summed E-state index contributed by atoms with van der Waals surface area (Å²) in [5.74, 6) is 0.803. The van der Waals surface area contributed by atoms with Gasteiger partial charge in [-0.15, -0.1) is 11.3 Å². The summed E-state index contributed by atoms with van der Waals surface area (Å²) >= 11 is 1.70. The van der Waals surface area contributed by atoms with Crippen molar-refractivity contribution in [2.75, 3.05) is 17.7 Å². The summed E-state index contributed by atoms with van der Waals surface area (Å²) in [6, 6.07) is 5.88. The Bertz CT molecular complexity index is 568. The molecule has 1 aromatic carbocycles. The van der Waals surface area contributed by atoms with Gasteiger partial charge in [-0.1, -0.05) is 6.92 Å². The van der Waals surface area contributed by atoms with Gasteiger partial charge in [0.05, 0.1) is 12.6 Å². The van der Waals surface area contributed by atoms with Crippen molar-refractivity contribution in [2.24, 2.45) is 0 Å². The molecule has 4 nitrogen and oxygen atoms in total. The molecule has 0 aliphatic heterocycles. The van der Waals surface area contributed by atoms with Crippen LogP contribution in [0.2, 0.25) is 0 Å². The Morgan fingerprint density at radius 2 is 2.20 bits per heavy atom. The highest BCUT2D eigenvalue weighted by atomic mass is 32.1. The number of aromatic nitrogens is 1. The van der Waals surface area contributed by atoms with E-state index in [4.69, 9.17) is 10.5 Å². The maximum absolute atomic E-state index is 5.92. The molecule has 0 bridgehead atoms. The first-order valence-electron chi connectivity index (χ1n) is 6.80. The molecule has 1 aromatic heterocycles. The first kappa shape index (κ1) is 14.7. The van der Waals surface area contributed by atoms with Gasteiger partial charge in [-0.05, 0) is 26.3 Å². The minimum Gasteiger partial charge on any atom is -0.493 e. The van der Waals surface area contributed by atoms with Crippen molar-refractivity contribution in [2.45, 2.75) is 33.2 Å². The molecule has 2 rings (SSSR count). The highest BCUT2D eigenvalue weighted by Crippen LogP contribution is 2.27. The predicted octanol–water partition coefficient (Wildman–Crippen LogP) is 4.00. The number of nitrogens with two attached hydrogens (primary N) is 1. The van der Waals surface area contributed by atoms with E-state index in [0.29, 0.717) is 12.3 Å². The molecule has 3 N–H and O–H groups in total. The third kappa shape index (κ3) is 3.87. The average Bonchev–Trinajstić information content (AvgIpc) is 2.82. The Morgan fingerprint density at radius 1 is 1.40 bits per heavy atom. The van der Waals surface area contributed by atoms with Crippen LogP contribution in [0.3, 0.4) is 0 Å². The predicted molar refractivity (Wildman–Crippen MR) is 85.5 cm³/mol. The zero-order valence-corrected chi connectivity index (χ0v) is 13.0. The topological polar surface area (TPSA) is 60.2 Å². The molecule has 2 aromatic rings. The molecule has 0 radical (unpaired) electrons. The lowest BCUT2D eigenvalue weighted by molar-refractivity contribution is 0.318. The molecule has 0 fully saturated rings. The Balaban J connectivity index is 2.10. The monoisotopic (exact) mass is 291 g/mol. The van der Waals surface area contributed by atoms with Gasteiger partial charge in [0, 0.05) is 34.6 Å². The first-order chi connectivity index (χ1) is 9.58. The lowest BCUT2D eigenvalue weighted by Crippen LogP contribution is -2.07. The second kappa shape index (κ2) is 6.61. The van der Waals surface area contributed by atoms with Crippen LogP contribution in [0.15, 0.2) is 24.4 Å². The molecule has 0 amide bonds. The number of nitrogen functional groups attached to an aromatic ring is 1. The van der Waals surface area contributed by atoms with E-state index in [1.54, 1.807) is 11.3 Å². The van der Waals surface area contributed by atoms with Crippen molar-refractivity contribution < 1.29 is 4.74 Å². The third-order valence-electron chi connectivity index (χ3n) is 2.79. The van der Waals surface area contributed by atoms with Crippen molar-refractivity contribution in [3.05, 3.63) is 34.3 Å². The fraction of sp³-hybridized carbons (Fsp3) is 0.400. The van der Waals surface area contributed by atoms with Crippen LogP contribution in [-0.4, -0.2) is 11.6 Å². The lowest BCUT2D eigenvalue weighted by Gasteiger charge is -2.15. The summed E-state index contributed by atoms with van der Waals surface area (Å²) < 4.78 is 5.64. The molecule has 5 heteroatoms. The smallest absolute Gasteiger partial charge is 0.123 e. The number of thiazole rings is 1. The molecule has 1 heterocycles. The standard InChI is InChI=1S/C15H21N3OS/c1-4-5-19-14-7-12(16)6-13(8-14)18-11(3)15-17-9-10(2)20-15/h6-9,11,18H,4-5,16H2,1-3H3. The van der Waals surface area contributed by atoms with Crippen molar-refractivity contribution in [3.8, 4) is 5.75 Å². The number of nitrogens with one attached hydrogen (secondary N) is 1. The number of benzene rings is 1. The Morgan fingerprint density at radius 3 is 2.85 bits per heavy atom. The number of aryl methyl sites for hydroxylation is 1. The van der Waals surface area contributed by atoms with Crippen molar-refractivity contribution in [1.29, 1.82) is 0 Å². The summed E-state index contributed by atoms with van der Waals surface area (Å²) in [6.07, 6.45) is 2.87. The lowest BCUT2D eigenvalue weighted by atomic mass is 10.2. The molecule has 1 atom stereocenters. The third-order valence-corrected chi connectivity index (χ3v) is 3.89. The number of hydrogen-bond donors (Lipinski definition) is 2. The highest BCUT2D eigenvalue weighted by molar-refractivity contribution is 7.11. The van der Waals surface area contributed by atoms with Crippen LogP contribution in [0.4, 0.5) is 11.4 Å². The second-order valence-corrected chi connectivity index (χ2v) is 6.08. The number of hydrogen-bond acceptors (Lipinski definition) is 5. The fourth-order valence-corrected chi connectivity index (χ4v) is 2.67. The largest absolute Gasteiger partial charge is 0.493 e. The molecule has 0 saturated heterocycles. The van der Waals surface area contributed by atoms with E-state index in [-0.39, 0.29) is 6.04 Å². The Hall–Kier alpha value is -1.75. The maximum Gasteiger partial charge on any atom is 0.123 e. The number of rotatable bonds is 6. The zero-order chi connectivity index (χ0) is 14.5. The van der Waals surface area contributed by atoms with Crippen LogP contribution in [0.1, 0.15) is 36.2 Å². The minimum absolute atomic E-state index is 0.148. The van der Waals surface area contributed by atoms with E-state index >= 15 is 0 Å². The van der Waals surface area contributed by atoms with Gasteiger partial charge in [0.1, 0.15) is 10.8 Å². The number of ether oxygens (including phenoxy) is 1. The van der Waals surface area contributed by atoms with Gasteiger partial charge in [-0.2, -0.15) is 0 Å². The number of anilines is 2. The molecule has 108 valence electrons. The van der Waals surface area contributed by atoms with Crippen LogP contribution < -0.4 is 15.8 Å². The van der Waals surface area contributed by atoms with Gasteiger partial charge in [-0.3, -0.25) is 0 Å². The molecule has 0 aliphatic carbocycles. The summed E-state index contributed by atoms with van der Waals surface area (Å²) in [5.41, 5.74) is 7.57. The van der Waals surface area contributed by atoms with Gasteiger partial charge in [0.2, 0.25) is 0 Å². The molecule has 0 saturated carbocycles. The van der Waals surface area contributed by atoms with E-state index in [9.17, 15) is 0 Å². The minimum atomic E-state index is 0.148. The van der Waals surface area contributed by atoms with E-state index in [2.05, 4.69) is 31.1 Å². The van der Waals surface area contributed by atoms with Crippen LogP contribution in [-0.2, 0) is 0 Å². The molecule has 20 heavy (non-hydrogen) atoms. The fourth-order valence-electron chi connectivity index (χ4n) is 1.89. The quantitative estimate of drug-likeness (QED) is 0.790. The van der Waals surface area contributed by atoms with Gasteiger partial charge < -0.3 is 15.8 Å². The maximum atomic E-state index is 5.92. The summed E-state index contributed by atoms with van der Waals surface area (Å²) in [7, 11) is 0. The summed E-state index contributed by atoms with van der Waals surface area (Å²) in [6.45, 7) is 6.93. The van der Waals surface area contributed by atoms with E-state index in [1.807, 2.05) is 24.4 Å². The molecular weight excluding hydrogens is 270 g/mol. The van der Waals surface area contributed by atoms with Crippen LogP contribution >= 0.6 is 11.3 Å². The van der Waals surface area contributed by atoms with Crippen LogP contribution in [0.5, 0.6) is 5.75 Å². The number of nitrogens with zero attached hydrogens (tertiary/aromatic N) is 1.